The molecule has 40 heavy (non-hydrogen) atoms. The fourth-order valence-electron chi connectivity index (χ4n) is 6.00. The van der Waals surface area contributed by atoms with Crippen molar-refractivity contribution in [1.29, 1.82) is 0 Å². The van der Waals surface area contributed by atoms with Crippen molar-refractivity contribution in [3.05, 3.63) is 28.8 Å². The minimum absolute atomic E-state index is 0.0290. The first-order chi connectivity index (χ1) is 18.6. The van der Waals surface area contributed by atoms with E-state index < -0.39 is 26.6 Å². The van der Waals surface area contributed by atoms with Crippen LogP contribution in [-0.2, 0) is 20.3 Å². The van der Waals surface area contributed by atoms with Gasteiger partial charge < -0.3 is 13.7 Å². The van der Waals surface area contributed by atoms with Gasteiger partial charge in [-0.05, 0) is 109 Å². The monoisotopic (exact) mass is 567 g/mol. The summed E-state index contributed by atoms with van der Waals surface area (Å²) in [4.78, 5) is 18.9. The predicted molar refractivity (Wildman–Crippen MR) is 166 cm³/mol. The molecule has 0 N–H and O–H groups in total. The molecule has 2 aromatic heterocycles. The van der Waals surface area contributed by atoms with Crippen LogP contribution in [0.1, 0.15) is 99.8 Å². The van der Waals surface area contributed by atoms with Crippen LogP contribution in [0.25, 0.3) is 16.9 Å². The molecular weight excluding hydrogens is 517 g/mol. The molecule has 0 bridgehead atoms. The summed E-state index contributed by atoms with van der Waals surface area (Å²) in [5.41, 5.74) is 2.73. The third-order valence-corrected chi connectivity index (χ3v) is 14.9. The number of nitrogens with zero attached hydrogens (tertiary/aromatic N) is 3. The molecule has 1 saturated heterocycles. The van der Waals surface area contributed by atoms with Crippen molar-refractivity contribution < 1.29 is 13.7 Å². The van der Waals surface area contributed by atoms with Gasteiger partial charge in [-0.25, -0.2) is 14.3 Å². The predicted octanol–water partition coefficient (Wildman–Crippen LogP) is 6.49. The molecule has 0 unspecified atom stereocenters. The van der Waals surface area contributed by atoms with Crippen molar-refractivity contribution >= 4 is 37.8 Å². The lowest BCUT2D eigenvalue weighted by Gasteiger charge is -2.41. The summed E-state index contributed by atoms with van der Waals surface area (Å²) in [5, 5.41) is 0.217. The Morgan fingerprint density at radius 1 is 1.07 bits per heavy atom. The normalized spacial score (nSPS) is 25.4. The highest BCUT2D eigenvalue weighted by atomic mass is 28.4. The number of pyridine rings is 1. The fraction of sp³-hybridized carbons (Fsp3) is 0.742. The lowest BCUT2D eigenvalue weighted by molar-refractivity contribution is 0.00578. The Hall–Kier alpha value is -1.68. The second-order valence-electron chi connectivity index (χ2n) is 14.9. The molecule has 3 aliphatic rings. The highest BCUT2D eigenvalue weighted by Gasteiger charge is 2.52. The first-order valence-electron chi connectivity index (χ1n) is 15.4. The van der Waals surface area contributed by atoms with Crippen molar-refractivity contribution in [3.8, 4) is 0 Å². The third kappa shape index (κ3) is 5.55. The molecule has 220 valence electrons. The lowest BCUT2D eigenvalue weighted by atomic mass is 9.80. The number of rotatable bonds is 6. The quantitative estimate of drug-likeness (QED) is 0.373. The molecule has 0 amide bonds. The molecule has 1 saturated carbocycles. The molecule has 0 spiro atoms. The second-order valence-corrected chi connectivity index (χ2v) is 19.6. The van der Waals surface area contributed by atoms with Crippen LogP contribution in [0, 0.1) is 5.92 Å². The van der Waals surface area contributed by atoms with Crippen LogP contribution in [0.15, 0.2) is 23.1 Å². The van der Waals surface area contributed by atoms with Crippen molar-refractivity contribution in [2.75, 3.05) is 0 Å². The Labute approximate surface area is 241 Å². The average molecular weight is 568 g/mol. The van der Waals surface area contributed by atoms with E-state index >= 15 is 0 Å². The topological polar surface area (TPSA) is 67.5 Å². The standard InChI is InChI=1S/C31H50BN3O4Si/c1-29(2,3)40(8,9)37-25-17-15-22(16-18-25)21-34-26-19-23(32-38-30(4,5)31(6,7)39-32)20-33-27(26)35(28(34)36)24-13-11-10-12-14-24/h13,19-20,22,25H,10-12,14-18,21H2,1-9H3. The summed E-state index contributed by atoms with van der Waals surface area (Å²) < 4.78 is 23.3. The molecule has 0 radical (unpaired) electrons. The number of imidazole rings is 1. The number of hydrogen-bond acceptors (Lipinski definition) is 5. The molecule has 2 aliphatic carbocycles. The minimum atomic E-state index is -1.79. The zero-order chi connectivity index (χ0) is 29.1. The summed E-state index contributed by atoms with van der Waals surface area (Å²) >= 11 is 0. The van der Waals surface area contributed by atoms with Crippen LogP contribution in [0.4, 0.5) is 0 Å². The molecule has 2 fully saturated rings. The number of allylic oxidation sites excluding steroid dienone is 2. The zero-order valence-electron chi connectivity index (χ0n) is 26.3. The molecule has 1 aliphatic heterocycles. The Balaban J connectivity index is 1.43. The molecule has 0 atom stereocenters. The number of hydrogen-bond donors (Lipinski definition) is 0. The van der Waals surface area contributed by atoms with Gasteiger partial charge in [-0.1, -0.05) is 26.8 Å². The van der Waals surface area contributed by atoms with Gasteiger partial charge in [0.05, 0.1) is 16.7 Å². The maximum absolute atomic E-state index is 14.0. The Morgan fingerprint density at radius 2 is 1.73 bits per heavy atom. The maximum atomic E-state index is 14.0. The summed E-state index contributed by atoms with van der Waals surface area (Å²) in [7, 11) is -2.30. The van der Waals surface area contributed by atoms with Gasteiger partial charge >= 0.3 is 12.8 Å². The highest BCUT2D eigenvalue weighted by molar-refractivity contribution is 6.74. The molecule has 2 aromatic rings. The first-order valence-corrected chi connectivity index (χ1v) is 18.3. The smallest absolute Gasteiger partial charge is 0.414 e. The number of aromatic nitrogens is 3. The second kappa shape index (κ2) is 10.5. The van der Waals surface area contributed by atoms with Crippen molar-refractivity contribution in [1.82, 2.24) is 14.1 Å². The highest BCUT2D eigenvalue weighted by Crippen LogP contribution is 2.40. The Kier molecular flexibility index (Phi) is 7.86. The SMILES string of the molecule is CC1(C)OB(c2cnc3c(c2)n(CC2CCC(O[Si](C)(C)C(C)(C)C)CC2)c(=O)n3C2=CCCCC2)OC1(C)C. The van der Waals surface area contributed by atoms with Crippen LogP contribution in [-0.4, -0.2) is 46.9 Å². The Morgan fingerprint density at radius 3 is 2.30 bits per heavy atom. The van der Waals surface area contributed by atoms with E-state index in [0.29, 0.717) is 18.6 Å². The van der Waals surface area contributed by atoms with E-state index in [0.717, 1.165) is 67.3 Å². The number of fused-ring (bicyclic) bond motifs is 1. The van der Waals surface area contributed by atoms with E-state index in [9.17, 15) is 4.79 Å². The van der Waals surface area contributed by atoms with Crippen molar-refractivity contribution in [2.45, 2.75) is 142 Å². The molecule has 5 rings (SSSR count). The van der Waals surface area contributed by atoms with Gasteiger partial charge in [-0.15, -0.1) is 0 Å². The van der Waals surface area contributed by atoms with Gasteiger partial charge in [0.2, 0.25) is 0 Å². The fourth-order valence-corrected chi connectivity index (χ4v) is 7.42. The average Bonchev–Trinajstić information content (AvgIpc) is 3.27. The largest absolute Gasteiger partial charge is 0.496 e. The summed E-state index contributed by atoms with van der Waals surface area (Å²) in [6, 6.07) is 2.08. The lowest BCUT2D eigenvalue weighted by Crippen LogP contribution is -2.44. The van der Waals surface area contributed by atoms with Crippen molar-refractivity contribution in [2.24, 2.45) is 5.92 Å². The summed E-state index contributed by atoms with van der Waals surface area (Å²) in [5.74, 6) is 0.442. The van der Waals surface area contributed by atoms with Gasteiger partial charge in [0.1, 0.15) is 0 Å². The minimum Gasteiger partial charge on any atom is -0.414 e. The van der Waals surface area contributed by atoms with E-state index in [4.69, 9.17) is 18.7 Å². The van der Waals surface area contributed by atoms with Crippen LogP contribution in [0.3, 0.4) is 0 Å². The third-order valence-electron chi connectivity index (χ3n) is 10.4. The van der Waals surface area contributed by atoms with E-state index in [1.165, 1.54) is 6.42 Å². The zero-order valence-corrected chi connectivity index (χ0v) is 27.3. The van der Waals surface area contributed by atoms with Crippen molar-refractivity contribution in [3.63, 3.8) is 0 Å². The van der Waals surface area contributed by atoms with E-state index in [-0.39, 0.29) is 10.7 Å². The van der Waals surface area contributed by atoms with Crippen LogP contribution in [0.2, 0.25) is 18.1 Å². The molecule has 0 aromatic carbocycles. The van der Waals surface area contributed by atoms with Crippen LogP contribution >= 0.6 is 0 Å². The van der Waals surface area contributed by atoms with Gasteiger partial charge in [0.25, 0.3) is 0 Å². The van der Waals surface area contributed by atoms with E-state index in [1.807, 2.05) is 15.3 Å². The van der Waals surface area contributed by atoms with Gasteiger partial charge in [0.15, 0.2) is 14.0 Å². The molecule has 3 heterocycles. The Bertz CT molecular complexity index is 1310. The molecular formula is C31H50BN3O4Si. The maximum Gasteiger partial charge on any atom is 0.496 e. The van der Waals surface area contributed by atoms with Crippen LogP contribution < -0.4 is 11.2 Å². The summed E-state index contributed by atoms with van der Waals surface area (Å²) in [6.07, 6.45) is 12.9. The van der Waals surface area contributed by atoms with Gasteiger partial charge in [0, 0.05) is 30.0 Å². The summed E-state index contributed by atoms with van der Waals surface area (Å²) in [6.45, 7) is 20.6. The molecule has 7 nitrogen and oxygen atoms in total. The van der Waals surface area contributed by atoms with E-state index in [1.54, 1.807) is 0 Å². The van der Waals surface area contributed by atoms with Crippen LogP contribution in [0.5, 0.6) is 0 Å². The first kappa shape index (κ1) is 29.8. The molecule has 9 heteroatoms. The van der Waals surface area contributed by atoms with Gasteiger partial charge in [-0.2, -0.15) is 0 Å². The van der Waals surface area contributed by atoms with Gasteiger partial charge in [-0.3, -0.25) is 4.57 Å². The van der Waals surface area contributed by atoms with E-state index in [2.05, 4.69) is 73.7 Å².